The number of rotatable bonds is 6. The van der Waals surface area contributed by atoms with Crippen LogP contribution in [0.5, 0.6) is 5.75 Å². The Bertz CT molecular complexity index is 733. The number of nitrogens with one attached hydrogen (secondary N) is 1. The van der Waals surface area contributed by atoms with Gasteiger partial charge in [0, 0.05) is 12.1 Å². The molecule has 5 heteroatoms. The minimum Gasteiger partial charge on any atom is -0.507 e. The molecule has 3 rings (SSSR count). The number of hydrogen-bond donors (Lipinski definition) is 4. The van der Waals surface area contributed by atoms with Gasteiger partial charge < -0.3 is 21.3 Å². The topological polar surface area (TPSA) is 95.6 Å². The summed E-state index contributed by atoms with van der Waals surface area (Å²) in [6, 6.07) is 15.2. The number of primary amides is 1. The molecule has 0 radical (unpaired) electrons. The smallest absolute Gasteiger partial charge is 0.252 e. The summed E-state index contributed by atoms with van der Waals surface area (Å²) in [5.41, 5.74) is 7.20. The fourth-order valence-corrected chi connectivity index (χ4v) is 3.48. The van der Waals surface area contributed by atoms with Crippen LogP contribution < -0.4 is 11.1 Å². The lowest BCUT2D eigenvalue weighted by Crippen LogP contribution is -2.34. The number of nitrogens with two attached hydrogens (primary N) is 1. The maximum Gasteiger partial charge on any atom is 0.252 e. The van der Waals surface area contributed by atoms with Gasteiger partial charge in [0.05, 0.1) is 11.7 Å². The molecule has 0 aliphatic carbocycles. The van der Waals surface area contributed by atoms with Crippen molar-refractivity contribution in [1.82, 2.24) is 5.32 Å². The molecular weight excluding hydrogens is 316 g/mol. The summed E-state index contributed by atoms with van der Waals surface area (Å²) in [4.78, 5) is 11.4. The minimum absolute atomic E-state index is 0.0372. The first kappa shape index (κ1) is 17.5. The van der Waals surface area contributed by atoms with Crippen LogP contribution in [0, 0.1) is 0 Å². The molecule has 132 valence electrons. The van der Waals surface area contributed by atoms with Crippen molar-refractivity contribution in [2.45, 2.75) is 43.9 Å². The van der Waals surface area contributed by atoms with Gasteiger partial charge in [-0.1, -0.05) is 36.4 Å². The maximum absolute atomic E-state index is 11.4. The number of aliphatic hydroxyl groups excluding tert-OH is 1. The summed E-state index contributed by atoms with van der Waals surface area (Å²) < 4.78 is 0. The highest BCUT2D eigenvalue weighted by molar-refractivity contribution is 5.95. The average Bonchev–Trinajstić information content (AvgIpc) is 3.09. The maximum atomic E-state index is 11.4. The van der Waals surface area contributed by atoms with E-state index in [2.05, 4.69) is 17.4 Å². The molecule has 5 nitrogen and oxygen atoms in total. The normalized spacial score (nSPS) is 21.2. The average molecular weight is 340 g/mol. The lowest BCUT2D eigenvalue weighted by molar-refractivity contribution is 0.0996. The summed E-state index contributed by atoms with van der Waals surface area (Å²) in [5.74, 6) is -0.866. The molecule has 0 bridgehead atoms. The van der Waals surface area contributed by atoms with Crippen molar-refractivity contribution in [3.8, 4) is 5.75 Å². The van der Waals surface area contributed by atoms with E-state index in [-0.39, 0.29) is 17.4 Å². The number of benzene rings is 2. The lowest BCUT2D eigenvalue weighted by atomic mass is 9.98. The second-order valence-corrected chi connectivity index (χ2v) is 6.66. The van der Waals surface area contributed by atoms with Crippen molar-refractivity contribution >= 4 is 5.91 Å². The molecule has 0 saturated carbocycles. The molecule has 1 amide bonds. The first-order valence-corrected chi connectivity index (χ1v) is 8.65. The molecular formula is C20H24N2O3. The van der Waals surface area contributed by atoms with E-state index in [4.69, 9.17) is 5.73 Å². The van der Waals surface area contributed by atoms with Crippen LogP contribution in [-0.4, -0.2) is 28.2 Å². The third kappa shape index (κ3) is 4.18. The zero-order valence-electron chi connectivity index (χ0n) is 14.1. The third-order valence-electron chi connectivity index (χ3n) is 4.91. The highest BCUT2D eigenvalue weighted by Gasteiger charge is 2.30. The van der Waals surface area contributed by atoms with Crippen LogP contribution >= 0.6 is 0 Å². The Morgan fingerprint density at radius 2 is 1.96 bits per heavy atom. The molecule has 1 fully saturated rings. The number of amides is 1. The molecule has 0 aromatic heterocycles. The van der Waals surface area contributed by atoms with Crippen LogP contribution in [0.1, 0.15) is 46.9 Å². The van der Waals surface area contributed by atoms with Gasteiger partial charge in [-0.25, -0.2) is 0 Å². The van der Waals surface area contributed by atoms with E-state index in [9.17, 15) is 15.0 Å². The van der Waals surface area contributed by atoms with Crippen LogP contribution in [0.4, 0.5) is 0 Å². The van der Waals surface area contributed by atoms with Crippen LogP contribution in [0.2, 0.25) is 0 Å². The second kappa shape index (κ2) is 7.68. The van der Waals surface area contributed by atoms with Crippen molar-refractivity contribution in [3.05, 3.63) is 65.2 Å². The number of phenols is 1. The highest BCUT2D eigenvalue weighted by Crippen LogP contribution is 2.29. The summed E-state index contributed by atoms with van der Waals surface area (Å²) in [6.07, 6.45) is 3.17. The molecule has 1 aliphatic heterocycles. The van der Waals surface area contributed by atoms with Gasteiger partial charge in [0.25, 0.3) is 5.91 Å². The van der Waals surface area contributed by atoms with Crippen molar-refractivity contribution in [3.63, 3.8) is 0 Å². The predicted octanol–water partition coefficient (Wildman–Crippen LogP) is 2.28. The Hall–Kier alpha value is -2.37. The first-order chi connectivity index (χ1) is 12.0. The minimum atomic E-state index is -0.736. The Morgan fingerprint density at radius 1 is 1.20 bits per heavy atom. The molecule has 0 spiro atoms. The van der Waals surface area contributed by atoms with Gasteiger partial charge in [-0.2, -0.15) is 0 Å². The third-order valence-corrected chi connectivity index (χ3v) is 4.91. The first-order valence-electron chi connectivity index (χ1n) is 8.65. The molecule has 2 aromatic rings. The fraction of sp³-hybridized carbons (Fsp3) is 0.350. The van der Waals surface area contributed by atoms with E-state index < -0.39 is 12.0 Å². The number of hydrogen-bond acceptors (Lipinski definition) is 4. The number of aromatic hydroxyl groups is 1. The number of aliphatic hydroxyl groups is 1. The Morgan fingerprint density at radius 3 is 2.68 bits per heavy atom. The molecule has 3 atom stereocenters. The number of aryl methyl sites for hydroxylation is 1. The van der Waals surface area contributed by atoms with E-state index in [1.165, 1.54) is 17.7 Å². The molecule has 1 aliphatic rings. The Labute approximate surface area is 147 Å². The Kier molecular flexibility index (Phi) is 5.36. The van der Waals surface area contributed by atoms with Gasteiger partial charge in [0.15, 0.2) is 0 Å². The van der Waals surface area contributed by atoms with Gasteiger partial charge in [-0.05, 0) is 48.9 Å². The van der Waals surface area contributed by atoms with E-state index in [1.54, 1.807) is 6.07 Å². The quantitative estimate of drug-likeness (QED) is 0.649. The molecule has 2 aromatic carbocycles. The summed E-state index contributed by atoms with van der Waals surface area (Å²) in [6.45, 7) is 0. The van der Waals surface area contributed by atoms with Crippen molar-refractivity contribution in [2.75, 3.05) is 0 Å². The van der Waals surface area contributed by atoms with Gasteiger partial charge >= 0.3 is 0 Å². The highest BCUT2D eigenvalue weighted by atomic mass is 16.3. The molecule has 1 saturated heterocycles. The zero-order chi connectivity index (χ0) is 17.8. The molecule has 25 heavy (non-hydrogen) atoms. The SMILES string of the molecule is NC(=O)c1cc(C(O)C2CCC(CCc3ccccc3)N2)ccc1O. The monoisotopic (exact) mass is 340 g/mol. The van der Waals surface area contributed by atoms with Gasteiger partial charge in [0.2, 0.25) is 0 Å². The van der Waals surface area contributed by atoms with Crippen molar-refractivity contribution in [2.24, 2.45) is 5.73 Å². The van der Waals surface area contributed by atoms with Gasteiger partial charge in [-0.3, -0.25) is 4.79 Å². The van der Waals surface area contributed by atoms with E-state index in [1.807, 2.05) is 18.2 Å². The van der Waals surface area contributed by atoms with Crippen LogP contribution in [-0.2, 0) is 6.42 Å². The van der Waals surface area contributed by atoms with Gasteiger partial charge in [-0.15, -0.1) is 0 Å². The van der Waals surface area contributed by atoms with Crippen molar-refractivity contribution in [1.29, 1.82) is 0 Å². The van der Waals surface area contributed by atoms with Crippen LogP contribution in [0.3, 0.4) is 0 Å². The molecule has 5 N–H and O–H groups in total. The summed E-state index contributed by atoms with van der Waals surface area (Å²) in [5, 5.41) is 23.8. The fourth-order valence-electron chi connectivity index (χ4n) is 3.48. The Balaban J connectivity index is 1.60. The summed E-state index contributed by atoms with van der Waals surface area (Å²) >= 11 is 0. The largest absolute Gasteiger partial charge is 0.507 e. The van der Waals surface area contributed by atoms with E-state index in [0.717, 1.165) is 25.7 Å². The van der Waals surface area contributed by atoms with E-state index in [0.29, 0.717) is 11.6 Å². The zero-order valence-corrected chi connectivity index (χ0v) is 14.1. The molecule has 3 unspecified atom stereocenters. The lowest BCUT2D eigenvalue weighted by Gasteiger charge is -2.21. The summed E-state index contributed by atoms with van der Waals surface area (Å²) in [7, 11) is 0. The predicted molar refractivity (Wildman–Crippen MR) is 96.3 cm³/mol. The van der Waals surface area contributed by atoms with E-state index >= 15 is 0 Å². The number of carbonyl (C=O) groups excluding carboxylic acids is 1. The van der Waals surface area contributed by atoms with Crippen LogP contribution in [0.25, 0.3) is 0 Å². The van der Waals surface area contributed by atoms with Crippen molar-refractivity contribution < 1.29 is 15.0 Å². The standard InChI is InChI=1S/C20H24N2O3/c21-20(25)16-12-14(7-11-18(16)23)19(24)17-10-9-15(22-17)8-6-13-4-2-1-3-5-13/h1-5,7,11-12,15,17,19,22-24H,6,8-10H2,(H2,21,25). The number of carbonyl (C=O) groups is 1. The van der Waals surface area contributed by atoms with Gasteiger partial charge in [0.1, 0.15) is 5.75 Å². The molecule has 1 heterocycles. The van der Waals surface area contributed by atoms with Crippen LogP contribution in [0.15, 0.2) is 48.5 Å². The second-order valence-electron chi connectivity index (χ2n) is 6.66.